The summed E-state index contributed by atoms with van der Waals surface area (Å²) in [7, 11) is -2.74. The van der Waals surface area contributed by atoms with Gasteiger partial charge in [0.25, 0.3) is 5.91 Å². The second-order valence-corrected chi connectivity index (χ2v) is 9.24. The summed E-state index contributed by atoms with van der Waals surface area (Å²) in [6, 6.07) is 18.1. The number of rotatable bonds is 7. The molecule has 3 aromatic rings. The number of aryl methyl sites for hydroxylation is 3. The number of benzene rings is 3. The molecule has 0 aliphatic rings. The van der Waals surface area contributed by atoms with Gasteiger partial charge < -0.3 is 14.2 Å². The Morgan fingerprint density at radius 1 is 0.971 bits per heavy atom. The Bertz CT molecular complexity index is 1400. The molecule has 0 fully saturated rings. The third-order valence-electron chi connectivity index (χ3n) is 5.04. The van der Waals surface area contributed by atoms with Crippen LogP contribution in [0.1, 0.15) is 22.3 Å². The van der Waals surface area contributed by atoms with E-state index in [0.717, 1.165) is 16.7 Å². The van der Waals surface area contributed by atoms with Gasteiger partial charge in [-0.15, -0.1) is 0 Å². The lowest BCUT2D eigenvalue weighted by molar-refractivity contribution is -0.112. The molecule has 7 nitrogen and oxygen atoms in total. The number of anilines is 1. The van der Waals surface area contributed by atoms with E-state index in [2.05, 4.69) is 5.32 Å². The predicted octanol–water partition coefficient (Wildman–Crippen LogP) is 4.93. The Morgan fingerprint density at radius 2 is 1.65 bits per heavy atom. The number of hydrogen-bond acceptors (Lipinski definition) is 6. The summed E-state index contributed by atoms with van der Waals surface area (Å²) in [6.45, 7) is 5.58. The molecule has 0 aliphatic heterocycles. The van der Waals surface area contributed by atoms with Crippen LogP contribution >= 0.6 is 0 Å². The summed E-state index contributed by atoms with van der Waals surface area (Å²) < 4.78 is 36.2. The van der Waals surface area contributed by atoms with Crippen LogP contribution in [0.3, 0.4) is 0 Å². The van der Waals surface area contributed by atoms with E-state index in [-0.39, 0.29) is 21.8 Å². The molecule has 3 aromatic carbocycles. The van der Waals surface area contributed by atoms with Crippen molar-refractivity contribution in [1.82, 2.24) is 0 Å². The third kappa shape index (κ3) is 5.82. The van der Waals surface area contributed by atoms with E-state index < -0.39 is 16.0 Å². The van der Waals surface area contributed by atoms with Gasteiger partial charge in [0.1, 0.15) is 22.3 Å². The fraction of sp³-hybridized carbons (Fsp3) is 0.154. The van der Waals surface area contributed by atoms with Crippen LogP contribution in [0.5, 0.6) is 11.5 Å². The maximum absolute atomic E-state index is 12.8. The molecule has 0 saturated carbocycles. The van der Waals surface area contributed by atoms with Gasteiger partial charge in [-0.3, -0.25) is 4.79 Å². The lowest BCUT2D eigenvalue weighted by atomic mass is 10.1. The van der Waals surface area contributed by atoms with Crippen LogP contribution < -0.4 is 14.2 Å². The molecule has 0 unspecified atom stereocenters. The van der Waals surface area contributed by atoms with Crippen molar-refractivity contribution in [3.8, 4) is 17.6 Å². The maximum Gasteiger partial charge on any atom is 0.339 e. The Labute approximate surface area is 199 Å². The number of nitrogens with zero attached hydrogens (tertiary/aromatic N) is 1. The van der Waals surface area contributed by atoms with Crippen LogP contribution in [0.15, 0.2) is 71.1 Å². The molecule has 174 valence electrons. The van der Waals surface area contributed by atoms with Crippen molar-refractivity contribution in [2.24, 2.45) is 0 Å². The minimum atomic E-state index is -4.17. The molecule has 0 aromatic heterocycles. The molecule has 8 heteroatoms. The van der Waals surface area contributed by atoms with E-state index in [1.165, 1.54) is 37.5 Å². The highest BCUT2D eigenvalue weighted by molar-refractivity contribution is 7.87. The molecule has 0 radical (unpaired) electrons. The van der Waals surface area contributed by atoms with Crippen LogP contribution in [0.4, 0.5) is 5.69 Å². The average Bonchev–Trinajstić information content (AvgIpc) is 2.80. The second kappa shape index (κ2) is 10.2. The number of ether oxygens (including phenoxy) is 1. The van der Waals surface area contributed by atoms with Crippen molar-refractivity contribution in [2.75, 3.05) is 12.4 Å². The van der Waals surface area contributed by atoms with Gasteiger partial charge in [-0.05, 0) is 68.3 Å². The maximum atomic E-state index is 12.8. The molecule has 0 heterocycles. The lowest BCUT2D eigenvalue weighted by Crippen LogP contribution is -2.15. The molecule has 0 saturated heterocycles. The number of amides is 1. The number of carbonyl (C=O) groups is 1. The fourth-order valence-electron chi connectivity index (χ4n) is 3.07. The molecule has 0 spiro atoms. The first-order chi connectivity index (χ1) is 16.1. The van der Waals surface area contributed by atoms with Crippen LogP contribution in [0.25, 0.3) is 6.08 Å². The van der Waals surface area contributed by atoms with E-state index in [4.69, 9.17) is 8.92 Å². The van der Waals surface area contributed by atoms with E-state index in [1.807, 2.05) is 39.0 Å². The van der Waals surface area contributed by atoms with Crippen molar-refractivity contribution in [2.45, 2.75) is 25.7 Å². The van der Waals surface area contributed by atoms with Crippen molar-refractivity contribution < 1.29 is 22.1 Å². The monoisotopic (exact) mass is 476 g/mol. The van der Waals surface area contributed by atoms with Crippen LogP contribution in [-0.2, 0) is 14.9 Å². The average molecular weight is 477 g/mol. The van der Waals surface area contributed by atoms with E-state index in [1.54, 1.807) is 24.3 Å². The lowest BCUT2D eigenvalue weighted by Gasteiger charge is -2.12. The van der Waals surface area contributed by atoms with Crippen LogP contribution in [0, 0.1) is 32.1 Å². The first kappa shape index (κ1) is 24.6. The van der Waals surface area contributed by atoms with Gasteiger partial charge in [-0.1, -0.05) is 29.8 Å². The SMILES string of the molecule is COc1ccc(/C=C(\C#N)C(=O)Nc2cc(C)ccc2C)c(OS(=O)(=O)c2ccc(C)cc2)c1. The standard InChI is InChI=1S/C26H24N2O5S/c1-17-6-11-23(12-7-17)34(30,31)33-25-15-22(32-4)10-9-20(25)14-21(16-27)26(29)28-24-13-18(2)5-8-19(24)3/h5-15H,1-4H3,(H,28,29)/b21-14+. The molecule has 34 heavy (non-hydrogen) atoms. The van der Waals surface area contributed by atoms with Crippen LogP contribution in [0.2, 0.25) is 0 Å². The highest BCUT2D eigenvalue weighted by atomic mass is 32.2. The van der Waals surface area contributed by atoms with E-state index in [9.17, 15) is 18.5 Å². The molecular formula is C26H24N2O5S. The molecular weight excluding hydrogens is 452 g/mol. The first-order valence-corrected chi connectivity index (χ1v) is 11.7. The number of methoxy groups -OCH3 is 1. The fourth-order valence-corrected chi connectivity index (χ4v) is 4.01. The Hall–Kier alpha value is -4.09. The van der Waals surface area contributed by atoms with Gasteiger partial charge >= 0.3 is 10.1 Å². The molecule has 0 bridgehead atoms. The zero-order valence-electron chi connectivity index (χ0n) is 19.2. The first-order valence-electron chi connectivity index (χ1n) is 10.3. The summed E-state index contributed by atoms with van der Waals surface area (Å²) in [5, 5.41) is 12.4. The molecule has 0 atom stereocenters. The summed E-state index contributed by atoms with van der Waals surface area (Å²) in [5.74, 6) is -0.351. The zero-order chi connectivity index (χ0) is 24.9. The van der Waals surface area contributed by atoms with Crippen molar-refractivity contribution >= 4 is 27.8 Å². The zero-order valence-corrected chi connectivity index (χ0v) is 20.1. The smallest absolute Gasteiger partial charge is 0.339 e. The number of hydrogen-bond donors (Lipinski definition) is 1. The largest absolute Gasteiger partial charge is 0.497 e. The third-order valence-corrected chi connectivity index (χ3v) is 6.28. The quantitative estimate of drug-likeness (QED) is 0.294. The van der Waals surface area contributed by atoms with Crippen molar-refractivity contribution in [1.29, 1.82) is 5.26 Å². The van der Waals surface area contributed by atoms with Crippen molar-refractivity contribution in [3.05, 3.63) is 88.5 Å². The molecule has 1 N–H and O–H groups in total. The van der Waals surface area contributed by atoms with Gasteiger partial charge in [0, 0.05) is 17.3 Å². The summed E-state index contributed by atoms with van der Waals surface area (Å²) in [6.07, 6.45) is 1.28. The Kier molecular flexibility index (Phi) is 7.39. The number of carbonyl (C=O) groups excluding carboxylic acids is 1. The van der Waals surface area contributed by atoms with Crippen molar-refractivity contribution in [3.63, 3.8) is 0 Å². The normalized spacial score (nSPS) is 11.4. The number of nitriles is 1. The highest BCUT2D eigenvalue weighted by Crippen LogP contribution is 2.30. The number of nitrogens with one attached hydrogen (secondary N) is 1. The molecule has 0 aliphatic carbocycles. The summed E-state index contributed by atoms with van der Waals surface area (Å²) >= 11 is 0. The van der Waals surface area contributed by atoms with E-state index >= 15 is 0 Å². The minimum Gasteiger partial charge on any atom is -0.497 e. The second-order valence-electron chi connectivity index (χ2n) is 7.70. The minimum absolute atomic E-state index is 0.0241. The van der Waals surface area contributed by atoms with E-state index in [0.29, 0.717) is 11.4 Å². The van der Waals surface area contributed by atoms with Gasteiger partial charge in [-0.2, -0.15) is 13.7 Å². The van der Waals surface area contributed by atoms with Gasteiger partial charge in [-0.25, -0.2) is 0 Å². The Morgan fingerprint density at radius 3 is 2.29 bits per heavy atom. The highest BCUT2D eigenvalue weighted by Gasteiger charge is 2.20. The molecule has 3 rings (SSSR count). The Balaban J connectivity index is 1.98. The molecule has 1 amide bonds. The predicted molar refractivity (Wildman–Crippen MR) is 130 cm³/mol. The van der Waals surface area contributed by atoms with Gasteiger partial charge in [0.15, 0.2) is 5.75 Å². The summed E-state index contributed by atoms with van der Waals surface area (Å²) in [5.41, 5.74) is 3.29. The van der Waals surface area contributed by atoms with Gasteiger partial charge in [0.05, 0.1) is 7.11 Å². The summed E-state index contributed by atoms with van der Waals surface area (Å²) in [4.78, 5) is 12.8. The van der Waals surface area contributed by atoms with Gasteiger partial charge in [0.2, 0.25) is 0 Å². The van der Waals surface area contributed by atoms with Crippen LogP contribution in [-0.4, -0.2) is 21.4 Å². The topological polar surface area (TPSA) is 105 Å².